The van der Waals surface area contributed by atoms with Crippen LogP contribution >= 0.6 is 11.6 Å². The lowest BCUT2D eigenvalue weighted by molar-refractivity contribution is 0.0628. The van der Waals surface area contributed by atoms with E-state index in [4.69, 9.17) is 11.6 Å². The molecule has 0 aliphatic carbocycles. The standard InChI is InChI=1S/C23H22ClN3O/c24-21-8-3-6-18(15-21)23(28)27-13-11-26(12-14-27)17-20-5-1-2-9-22(20)19-7-4-10-25-16-19/h1-10,15-16H,11-14,17H2. The molecule has 3 aromatic rings. The van der Waals surface area contributed by atoms with Crippen LogP contribution in [0, 0.1) is 0 Å². The lowest BCUT2D eigenvalue weighted by Gasteiger charge is -2.35. The molecular formula is C23H22ClN3O. The van der Waals surface area contributed by atoms with Gasteiger partial charge in [0.05, 0.1) is 0 Å². The number of benzene rings is 2. The molecule has 1 amide bonds. The zero-order valence-electron chi connectivity index (χ0n) is 15.6. The molecule has 142 valence electrons. The van der Waals surface area contributed by atoms with Gasteiger partial charge in [-0.3, -0.25) is 14.7 Å². The lowest BCUT2D eigenvalue weighted by atomic mass is 10.0. The number of halogens is 1. The van der Waals surface area contributed by atoms with Crippen molar-refractivity contribution in [2.45, 2.75) is 6.54 Å². The molecule has 2 heterocycles. The van der Waals surface area contributed by atoms with Crippen LogP contribution in [0.1, 0.15) is 15.9 Å². The van der Waals surface area contributed by atoms with Gasteiger partial charge in [-0.25, -0.2) is 0 Å². The van der Waals surface area contributed by atoms with Crippen molar-refractivity contribution < 1.29 is 4.79 Å². The van der Waals surface area contributed by atoms with Crippen LogP contribution < -0.4 is 0 Å². The molecule has 1 saturated heterocycles. The number of hydrogen-bond donors (Lipinski definition) is 0. The Balaban J connectivity index is 1.41. The van der Waals surface area contributed by atoms with Gasteiger partial charge >= 0.3 is 0 Å². The maximum Gasteiger partial charge on any atom is 0.253 e. The summed E-state index contributed by atoms with van der Waals surface area (Å²) in [5.74, 6) is 0.0536. The number of aromatic nitrogens is 1. The summed E-state index contributed by atoms with van der Waals surface area (Å²) in [6.07, 6.45) is 3.70. The third-order valence-corrected chi connectivity index (χ3v) is 5.35. The van der Waals surface area contributed by atoms with Crippen LogP contribution in [0.3, 0.4) is 0 Å². The molecule has 1 aliphatic heterocycles. The summed E-state index contributed by atoms with van der Waals surface area (Å²) in [5.41, 5.74) is 4.29. The Bertz CT molecular complexity index is 953. The Hall–Kier alpha value is -2.69. The number of hydrogen-bond acceptors (Lipinski definition) is 3. The third-order valence-electron chi connectivity index (χ3n) is 5.11. The summed E-state index contributed by atoms with van der Waals surface area (Å²) in [4.78, 5) is 21.3. The van der Waals surface area contributed by atoms with Gasteiger partial charge in [0.15, 0.2) is 0 Å². The molecule has 4 rings (SSSR count). The van der Waals surface area contributed by atoms with Crippen molar-refractivity contribution in [3.8, 4) is 11.1 Å². The molecule has 0 saturated carbocycles. The van der Waals surface area contributed by atoms with Gasteiger partial charge in [-0.1, -0.05) is 48.0 Å². The van der Waals surface area contributed by atoms with Crippen LogP contribution in [0.15, 0.2) is 73.1 Å². The molecule has 1 aromatic heterocycles. The first-order valence-corrected chi connectivity index (χ1v) is 9.84. The van der Waals surface area contributed by atoms with Crippen molar-refractivity contribution in [3.63, 3.8) is 0 Å². The average molecular weight is 392 g/mol. The lowest BCUT2D eigenvalue weighted by Crippen LogP contribution is -2.48. The van der Waals surface area contributed by atoms with Crippen molar-refractivity contribution in [1.29, 1.82) is 0 Å². The second-order valence-corrected chi connectivity index (χ2v) is 7.41. The number of nitrogens with zero attached hydrogens (tertiary/aromatic N) is 3. The Morgan fingerprint density at radius 1 is 0.964 bits per heavy atom. The maximum absolute atomic E-state index is 12.7. The molecule has 0 atom stereocenters. The van der Waals surface area contributed by atoms with E-state index >= 15 is 0 Å². The number of piperazine rings is 1. The normalized spacial score (nSPS) is 14.8. The van der Waals surface area contributed by atoms with Crippen molar-refractivity contribution in [3.05, 3.63) is 89.2 Å². The van der Waals surface area contributed by atoms with E-state index in [9.17, 15) is 4.79 Å². The number of amides is 1. The van der Waals surface area contributed by atoms with Gasteiger partial charge in [0.25, 0.3) is 5.91 Å². The average Bonchev–Trinajstić information content (AvgIpc) is 2.75. The number of rotatable bonds is 4. The van der Waals surface area contributed by atoms with Crippen molar-refractivity contribution in [2.24, 2.45) is 0 Å². The highest BCUT2D eigenvalue weighted by Crippen LogP contribution is 2.24. The van der Waals surface area contributed by atoms with Gasteiger partial charge < -0.3 is 4.90 Å². The van der Waals surface area contributed by atoms with Crippen LogP contribution in [0.25, 0.3) is 11.1 Å². The topological polar surface area (TPSA) is 36.4 Å². The Morgan fingerprint density at radius 2 is 1.79 bits per heavy atom. The minimum atomic E-state index is 0.0536. The molecule has 0 bridgehead atoms. The first-order valence-electron chi connectivity index (χ1n) is 9.46. The monoisotopic (exact) mass is 391 g/mol. The summed E-state index contributed by atoms with van der Waals surface area (Å²) in [7, 11) is 0. The maximum atomic E-state index is 12.7. The van der Waals surface area contributed by atoms with Gasteiger partial charge in [0.1, 0.15) is 0 Å². The van der Waals surface area contributed by atoms with E-state index < -0.39 is 0 Å². The molecule has 28 heavy (non-hydrogen) atoms. The second kappa shape index (κ2) is 8.55. The summed E-state index contributed by atoms with van der Waals surface area (Å²) in [6, 6.07) is 19.7. The SMILES string of the molecule is O=C(c1cccc(Cl)c1)N1CCN(Cc2ccccc2-c2cccnc2)CC1. The Kier molecular flexibility index (Phi) is 5.70. The van der Waals surface area contributed by atoms with E-state index in [2.05, 4.69) is 40.2 Å². The molecule has 4 nitrogen and oxygen atoms in total. The zero-order valence-corrected chi connectivity index (χ0v) is 16.3. The van der Waals surface area contributed by atoms with Gasteiger partial charge in [-0.2, -0.15) is 0 Å². The number of carbonyl (C=O) groups excluding carboxylic acids is 1. The van der Waals surface area contributed by atoms with Gasteiger partial charge in [0, 0.05) is 61.3 Å². The van der Waals surface area contributed by atoms with E-state index in [1.807, 2.05) is 29.3 Å². The quantitative estimate of drug-likeness (QED) is 0.663. The fourth-order valence-corrected chi connectivity index (χ4v) is 3.81. The predicted molar refractivity (Wildman–Crippen MR) is 112 cm³/mol. The van der Waals surface area contributed by atoms with E-state index in [1.54, 1.807) is 18.3 Å². The highest BCUT2D eigenvalue weighted by molar-refractivity contribution is 6.30. The molecule has 0 unspecified atom stereocenters. The van der Waals surface area contributed by atoms with E-state index in [1.165, 1.54) is 11.1 Å². The van der Waals surface area contributed by atoms with Gasteiger partial charge in [-0.05, 0) is 35.4 Å². The first-order chi connectivity index (χ1) is 13.7. The van der Waals surface area contributed by atoms with Crippen LogP contribution in [0.5, 0.6) is 0 Å². The smallest absolute Gasteiger partial charge is 0.253 e. The fourth-order valence-electron chi connectivity index (χ4n) is 3.62. The summed E-state index contributed by atoms with van der Waals surface area (Å²) in [6.45, 7) is 4.02. The van der Waals surface area contributed by atoms with Crippen LogP contribution in [-0.2, 0) is 6.54 Å². The second-order valence-electron chi connectivity index (χ2n) is 6.98. The van der Waals surface area contributed by atoms with Crippen LogP contribution in [0.4, 0.5) is 0 Å². The Morgan fingerprint density at radius 3 is 2.54 bits per heavy atom. The Labute approximate surface area is 170 Å². The minimum Gasteiger partial charge on any atom is -0.336 e. The van der Waals surface area contributed by atoms with Gasteiger partial charge in [-0.15, -0.1) is 0 Å². The molecule has 2 aromatic carbocycles. The molecule has 1 aliphatic rings. The third kappa shape index (κ3) is 4.24. The minimum absolute atomic E-state index is 0.0536. The van der Waals surface area contributed by atoms with Crippen molar-refractivity contribution >= 4 is 17.5 Å². The number of carbonyl (C=O) groups is 1. The molecule has 0 spiro atoms. The van der Waals surface area contributed by atoms with Crippen molar-refractivity contribution in [2.75, 3.05) is 26.2 Å². The molecule has 0 N–H and O–H groups in total. The van der Waals surface area contributed by atoms with Gasteiger partial charge in [0.2, 0.25) is 0 Å². The summed E-state index contributed by atoms with van der Waals surface area (Å²) in [5, 5.41) is 0.594. The number of pyridine rings is 1. The van der Waals surface area contributed by atoms with E-state index in [0.717, 1.165) is 38.3 Å². The molecule has 1 fully saturated rings. The predicted octanol–water partition coefficient (Wildman–Crippen LogP) is 4.36. The van der Waals surface area contributed by atoms with Crippen LogP contribution in [-0.4, -0.2) is 46.9 Å². The molecule has 0 radical (unpaired) electrons. The first kappa shape index (κ1) is 18.7. The summed E-state index contributed by atoms with van der Waals surface area (Å²) >= 11 is 6.02. The summed E-state index contributed by atoms with van der Waals surface area (Å²) < 4.78 is 0. The van der Waals surface area contributed by atoms with Crippen molar-refractivity contribution in [1.82, 2.24) is 14.8 Å². The van der Waals surface area contributed by atoms with E-state index in [0.29, 0.717) is 10.6 Å². The molecular weight excluding hydrogens is 370 g/mol. The largest absolute Gasteiger partial charge is 0.336 e. The fraction of sp³-hybridized carbons (Fsp3) is 0.217. The highest BCUT2D eigenvalue weighted by atomic mass is 35.5. The van der Waals surface area contributed by atoms with E-state index in [-0.39, 0.29) is 5.91 Å². The highest BCUT2D eigenvalue weighted by Gasteiger charge is 2.22. The zero-order chi connectivity index (χ0) is 19.3. The van der Waals surface area contributed by atoms with Crippen LogP contribution in [0.2, 0.25) is 5.02 Å². The molecule has 5 heteroatoms.